The zero-order chi connectivity index (χ0) is 18.6. The summed E-state index contributed by atoms with van der Waals surface area (Å²) >= 11 is 0. The van der Waals surface area contributed by atoms with Crippen molar-refractivity contribution < 1.29 is 17.9 Å². The smallest absolute Gasteiger partial charge is 0.282 e. The second-order valence-electron chi connectivity index (χ2n) is 6.89. The van der Waals surface area contributed by atoms with Crippen LogP contribution in [0, 0.1) is 6.92 Å². The number of hydrogen-bond acceptors (Lipinski definition) is 4. The maximum atomic E-state index is 12.9. The van der Waals surface area contributed by atoms with E-state index in [1.165, 1.54) is 8.61 Å². The number of carbonyl (C=O) groups is 1. The lowest BCUT2D eigenvalue weighted by Gasteiger charge is -2.34. The molecule has 0 aliphatic carbocycles. The Morgan fingerprint density at radius 2 is 2.00 bits per heavy atom. The van der Waals surface area contributed by atoms with E-state index in [4.69, 9.17) is 4.74 Å². The van der Waals surface area contributed by atoms with Crippen molar-refractivity contribution in [3.8, 4) is 0 Å². The zero-order valence-electron chi connectivity index (χ0n) is 15.2. The van der Waals surface area contributed by atoms with Crippen LogP contribution in [-0.2, 0) is 26.3 Å². The van der Waals surface area contributed by atoms with Gasteiger partial charge in [0.1, 0.15) is 0 Å². The molecule has 1 atom stereocenters. The summed E-state index contributed by atoms with van der Waals surface area (Å²) in [5.41, 5.74) is 2.05. The molecular weight excluding hydrogens is 354 g/mol. The Hall–Kier alpha value is -1.48. The minimum Gasteiger partial charge on any atom is -0.376 e. The average molecular weight is 381 g/mol. The highest BCUT2D eigenvalue weighted by Crippen LogP contribution is 2.20. The fraction of sp³-hybridized carbons (Fsp3) is 0.611. The second kappa shape index (κ2) is 8.47. The van der Waals surface area contributed by atoms with Gasteiger partial charge >= 0.3 is 0 Å². The summed E-state index contributed by atoms with van der Waals surface area (Å²) in [5, 5.41) is 2.79. The Labute approximate surface area is 155 Å². The third-order valence-electron chi connectivity index (χ3n) is 4.95. The number of nitrogens with one attached hydrogen (secondary N) is 1. The van der Waals surface area contributed by atoms with Crippen LogP contribution in [-0.4, -0.2) is 61.8 Å². The van der Waals surface area contributed by atoms with Crippen molar-refractivity contribution >= 4 is 16.1 Å². The first-order valence-corrected chi connectivity index (χ1v) is 10.5. The molecule has 3 rings (SSSR count). The summed E-state index contributed by atoms with van der Waals surface area (Å²) in [4.78, 5) is 12.2. The minimum atomic E-state index is -3.64. The van der Waals surface area contributed by atoms with Crippen LogP contribution in [0.5, 0.6) is 0 Å². The van der Waals surface area contributed by atoms with E-state index < -0.39 is 10.2 Å². The molecule has 7 nitrogen and oxygen atoms in total. The zero-order valence-corrected chi connectivity index (χ0v) is 16.0. The molecule has 8 heteroatoms. The molecule has 0 radical (unpaired) electrons. The molecule has 26 heavy (non-hydrogen) atoms. The van der Waals surface area contributed by atoms with Gasteiger partial charge in [-0.05, 0) is 37.3 Å². The first kappa shape index (κ1) is 19.3. The summed E-state index contributed by atoms with van der Waals surface area (Å²) in [7, 11) is -3.64. The number of rotatable bonds is 6. The van der Waals surface area contributed by atoms with Gasteiger partial charge in [0.25, 0.3) is 10.2 Å². The van der Waals surface area contributed by atoms with E-state index in [0.717, 1.165) is 30.6 Å². The lowest BCUT2D eigenvalue weighted by atomic mass is 10.1. The molecule has 2 aliphatic heterocycles. The second-order valence-corrected chi connectivity index (χ2v) is 8.82. The van der Waals surface area contributed by atoms with Gasteiger partial charge in [-0.15, -0.1) is 0 Å². The van der Waals surface area contributed by atoms with Crippen LogP contribution in [0.1, 0.15) is 30.4 Å². The molecule has 1 aromatic rings. The number of benzene rings is 1. The summed E-state index contributed by atoms with van der Waals surface area (Å²) in [5.74, 6) is -0.276. The van der Waals surface area contributed by atoms with Crippen molar-refractivity contribution in [2.45, 2.75) is 38.8 Å². The number of nitrogens with zero attached hydrogens (tertiary/aromatic N) is 2. The molecule has 0 bridgehead atoms. The van der Waals surface area contributed by atoms with E-state index in [9.17, 15) is 13.2 Å². The molecule has 1 unspecified atom stereocenters. The van der Waals surface area contributed by atoms with Gasteiger partial charge in [-0.2, -0.15) is 17.0 Å². The summed E-state index contributed by atoms with van der Waals surface area (Å²) in [6, 6.07) is 7.77. The molecule has 2 heterocycles. The molecule has 1 amide bonds. The van der Waals surface area contributed by atoms with Crippen molar-refractivity contribution in [2.24, 2.45) is 0 Å². The van der Waals surface area contributed by atoms with Crippen LogP contribution in [0.25, 0.3) is 0 Å². The first-order chi connectivity index (χ1) is 12.5. The van der Waals surface area contributed by atoms with Crippen molar-refractivity contribution in [1.29, 1.82) is 0 Å². The predicted octanol–water partition coefficient (Wildman–Crippen LogP) is 1.04. The van der Waals surface area contributed by atoms with Crippen molar-refractivity contribution in [3.05, 3.63) is 35.4 Å². The normalized spacial score (nSPS) is 23.8. The molecule has 1 aromatic carbocycles. The van der Waals surface area contributed by atoms with Gasteiger partial charge < -0.3 is 10.1 Å². The van der Waals surface area contributed by atoms with Crippen LogP contribution in [0.3, 0.4) is 0 Å². The Morgan fingerprint density at radius 1 is 1.23 bits per heavy atom. The van der Waals surface area contributed by atoms with Crippen LogP contribution in [0.2, 0.25) is 0 Å². The van der Waals surface area contributed by atoms with E-state index in [1.54, 1.807) is 0 Å². The Morgan fingerprint density at radius 3 is 2.73 bits per heavy atom. The van der Waals surface area contributed by atoms with Gasteiger partial charge in [-0.3, -0.25) is 4.79 Å². The van der Waals surface area contributed by atoms with Gasteiger partial charge in [0.2, 0.25) is 5.91 Å². The molecule has 0 spiro atoms. The third kappa shape index (κ3) is 4.62. The number of hydrogen-bond donors (Lipinski definition) is 1. The predicted molar refractivity (Wildman–Crippen MR) is 98.7 cm³/mol. The first-order valence-electron chi connectivity index (χ1n) is 9.15. The van der Waals surface area contributed by atoms with Gasteiger partial charge in [-0.1, -0.05) is 24.3 Å². The molecule has 2 saturated heterocycles. The van der Waals surface area contributed by atoms with Crippen molar-refractivity contribution in [1.82, 2.24) is 13.9 Å². The number of carbonyl (C=O) groups excluding carboxylic acids is 1. The number of amides is 1. The van der Waals surface area contributed by atoms with E-state index >= 15 is 0 Å². The minimum absolute atomic E-state index is 0.0504. The van der Waals surface area contributed by atoms with E-state index in [-0.39, 0.29) is 18.6 Å². The fourth-order valence-electron chi connectivity index (χ4n) is 3.37. The highest BCUT2D eigenvalue weighted by atomic mass is 32.2. The summed E-state index contributed by atoms with van der Waals surface area (Å²) < 4.78 is 34.0. The molecule has 2 aliphatic rings. The largest absolute Gasteiger partial charge is 0.376 e. The fourth-order valence-corrected chi connectivity index (χ4v) is 4.99. The summed E-state index contributed by atoms with van der Waals surface area (Å²) in [6.07, 6.45) is 2.71. The Bertz CT molecular complexity index is 732. The molecule has 0 aromatic heterocycles. The van der Waals surface area contributed by atoms with E-state index in [0.29, 0.717) is 32.6 Å². The monoisotopic (exact) mass is 381 g/mol. The third-order valence-corrected chi connectivity index (χ3v) is 6.87. The van der Waals surface area contributed by atoms with Gasteiger partial charge in [-0.25, -0.2) is 0 Å². The Balaban J connectivity index is 1.59. The Kier molecular flexibility index (Phi) is 6.29. The van der Waals surface area contributed by atoms with Crippen molar-refractivity contribution in [2.75, 3.05) is 32.8 Å². The quantitative estimate of drug-likeness (QED) is 0.799. The molecule has 0 saturated carbocycles. The maximum absolute atomic E-state index is 12.9. The van der Waals surface area contributed by atoms with Gasteiger partial charge in [0, 0.05) is 32.8 Å². The van der Waals surface area contributed by atoms with E-state index in [2.05, 4.69) is 5.32 Å². The van der Waals surface area contributed by atoms with Gasteiger partial charge in [0.05, 0.1) is 12.6 Å². The highest BCUT2D eigenvalue weighted by molar-refractivity contribution is 7.86. The van der Waals surface area contributed by atoms with Crippen LogP contribution >= 0.6 is 0 Å². The lowest BCUT2D eigenvalue weighted by Crippen LogP contribution is -2.52. The summed E-state index contributed by atoms with van der Waals surface area (Å²) in [6.45, 7) is 4.20. The molecule has 1 N–H and O–H groups in total. The SMILES string of the molecule is Cc1ccccc1CN1CCCN(CC(=O)NCC2CCCO2)S1(=O)=O. The molecule has 2 fully saturated rings. The van der Waals surface area contributed by atoms with Crippen LogP contribution in [0.15, 0.2) is 24.3 Å². The molecule has 144 valence electrons. The topological polar surface area (TPSA) is 79.0 Å². The van der Waals surface area contributed by atoms with Crippen molar-refractivity contribution in [3.63, 3.8) is 0 Å². The average Bonchev–Trinajstić information content (AvgIpc) is 3.12. The standard InChI is InChI=1S/C18H27N3O4S/c1-15-6-2-3-7-16(15)13-20-9-5-10-21(26(20,23)24)14-18(22)19-12-17-8-4-11-25-17/h2-3,6-7,17H,4-5,8-14H2,1H3,(H,19,22). The highest BCUT2D eigenvalue weighted by Gasteiger charge is 2.34. The maximum Gasteiger partial charge on any atom is 0.282 e. The van der Waals surface area contributed by atoms with E-state index in [1.807, 2.05) is 31.2 Å². The lowest BCUT2D eigenvalue weighted by molar-refractivity contribution is -0.121. The molecular formula is C18H27N3O4S. The van der Waals surface area contributed by atoms with Gasteiger partial charge in [0.15, 0.2) is 0 Å². The van der Waals surface area contributed by atoms with Crippen LogP contribution in [0.4, 0.5) is 0 Å². The number of ether oxygens (including phenoxy) is 1. The number of aryl methyl sites for hydroxylation is 1. The van der Waals surface area contributed by atoms with Crippen LogP contribution < -0.4 is 5.32 Å².